The van der Waals surface area contributed by atoms with E-state index in [1.165, 1.54) is 12.1 Å². The van der Waals surface area contributed by atoms with Gasteiger partial charge >= 0.3 is 0 Å². The van der Waals surface area contributed by atoms with E-state index >= 15 is 0 Å². The molecule has 2 aromatic heterocycles. The third-order valence-electron chi connectivity index (χ3n) is 2.56. The molecule has 0 aliphatic carbocycles. The summed E-state index contributed by atoms with van der Waals surface area (Å²) in [6.07, 6.45) is 3.32. The molecule has 0 saturated heterocycles. The number of pyridine rings is 1. The summed E-state index contributed by atoms with van der Waals surface area (Å²) < 4.78 is 0. The Labute approximate surface area is 115 Å². The lowest BCUT2D eigenvalue weighted by molar-refractivity contribution is -0.384. The lowest BCUT2D eigenvalue weighted by atomic mass is 10.3. The highest BCUT2D eigenvalue weighted by Gasteiger charge is 2.10. The normalized spacial score (nSPS) is 10.1. The van der Waals surface area contributed by atoms with Crippen LogP contribution in [-0.4, -0.2) is 26.9 Å². The Morgan fingerprint density at radius 2 is 2.00 bits per heavy atom. The molecule has 0 bridgehead atoms. The van der Waals surface area contributed by atoms with E-state index in [1.807, 2.05) is 6.92 Å². The second-order valence-corrected chi connectivity index (χ2v) is 4.11. The van der Waals surface area contributed by atoms with Crippen molar-refractivity contribution in [2.45, 2.75) is 13.5 Å². The Kier molecular flexibility index (Phi) is 4.04. The van der Waals surface area contributed by atoms with Crippen LogP contribution in [0.15, 0.2) is 24.5 Å². The highest BCUT2D eigenvalue weighted by Crippen LogP contribution is 2.20. The zero-order chi connectivity index (χ0) is 14.5. The smallest absolute Gasteiger partial charge is 0.276 e. The maximum atomic E-state index is 10.8. The molecule has 0 fully saturated rings. The van der Waals surface area contributed by atoms with Gasteiger partial charge in [0, 0.05) is 13.2 Å². The first-order valence-corrected chi connectivity index (χ1v) is 5.94. The Morgan fingerprint density at radius 3 is 2.60 bits per heavy atom. The Hall–Kier alpha value is -2.77. The molecule has 0 unspecified atom stereocenters. The minimum Gasteiger partial charge on any atom is -0.373 e. The zero-order valence-corrected chi connectivity index (χ0v) is 11.1. The van der Waals surface area contributed by atoms with Gasteiger partial charge in [-0.25, -0.2) is 4.98 Å². The molecule has 0 saturated carbocycles. The van der Waals surface area contributed by atoms with Crippen molar-refractivity contribution in [3.63, 3.8) is 0 Å². The van der Waals surface area contributed by atoms with Gasteiger partial charge in [-0.15, -0.1) is 0 Å². The fourth-order valence-corrected chi connectivity index (χ4v) is 1.53. The standard InChI is InChI=1S/C12H14N6O2/c1-8-5-15-9(6-14-8)7-16-12-4-10(18(19)20)3-11(13-2)17-12/h3-6H,7H2,1-2H3,(H2,13,16,17). The molecule has 20 heavy (non-hydrogen) atoms. The van der Waals surface area contributed by atoms with Gasteiger partial charge in [-0.2, -0.15) is 0 Å². The van der Waals surface area contributed by atoms with Crippen LogP contribution in [0.2, 0.25) is 0 Å². The van der Waals surface area contributed by atoms with Crippen LogP contribution < -0.4 is 10.6 Å². The Bertz CT molecular complexity index is 614. The third kappa shape index (κ3) is 3.37. The van der Waals surface area contributed by atoms with Crippen LogP contribution in [0.25, 0.3) is 0 Å². The predicted octanol–water partition coefficient (Wildman–Crippen LogP) is 1.74. The number of aryl methyl sites for hydroxylation is 1. The van der Waals surface area contributed by atoms with Gasteiger partial charge in [0.2, 0.25) is 0 Å². The number of nitrogens with zero attached hydrogens (tertiary/aromatic N) is 4. The molecule has 0 aliphatic rings. The molecule has 2 N–H and O–H groups in total. The van der Waals surface area contributed by atoms with E-state index in [2.05, 4.69) is 25.6 Å². The maximum Gasteiger partial charge on any atom is 0.276 e. The molecule has 8 nitrogen and oxygen atoms in total. The van der Waals surface area contributed by atoms with Crippen molar-refractivity contribution in [3.8, 4) is 0 Å². The highest BCUT2D eigenvalue weighted by molar-refractivity contribution is 5.54. The van der Waals surface area contributed by atoms with Gasteiger partial charge in [0.25, 0.3) is 5.69 Å². The van der Waals surface area contributed by atoms with Crippen molar-refractivity contribution in [1.29, 1.82) is 0 Å². The summed E-state index contributed by atoms with van der Waals surface area (Å²) in [6.45, 7) is 2.25. The van der Waals surface area contributed by atoms with Gasteiger partial charge in [-0.3, -0.25) is 20.1 Å². The number of aromatic nitrogens is 3. The fraction of sp³-hybridized carbons (Fsp3) is 0.250. The van der Waals surface area contributed by atoms with Gasteiger partial charge in [0.15, 0.2) is 0 Å². The molecular weight excluding hydrogens is 260 g/mol. The minimum atomic E-state index is -0.459. The number of nitro groups is 1. The van der Waals surface area contributed by atoms with Crippen LogP contribution in [0.5, 0.6) is 0 Å². The van der Waals surface area contributed by atoms with Crippen molar-refractivity contribution in [2.24, 2.45) is 0 Å². The summed E-state index contributed by atoms with van der Waals surface area (Å²) >= 11 is 0. The Morgan fingerprint density at radius 1 is 1.25 bits per heavy atom. The van der Waals surface area contributed by atoms with Gasteiger partial charge < -0.3 is 10.6 Å². The molecule has 0 spiro atoms. The summed E-state index contributed by atoms with van der Waals surface area (Å²) in [5.74, 6) is 0.836. The average molecular weight is 274 g/mol. The van der Waals surface area contributed by atoms with Gasteiger partial charge in [0.05, 0.1) is 41.2 Å². The molecule has 0 amide bonds. The number of anilines is 2. The monoisotopic (exact) mass is 274 g/mol. The first kappa shape index (κ1) is 13.7. The van der Waals surface area contributed by atoms with E-state index < -0.39 is 4.92 Å². The largest absolute Gasteiger partial charge is 0.373 e. The molecule has 2 aromatic rings. The van der Waals surface area contributed by atoms with Crippen LogP contribution >= 0.6 is 0 Å². The van der Waals surface area contributed by atoms with Crippen LogP contribution in [0, 0.1) is 17.0 Å². The number of hydrogen-bond acceptors (Lipinski definition) is 7. The van der Waals surface area contributed by atoms with Crippen molar-refractivity contribution in [2.75, 3.05) is 17.7 Å². The second kappa shape index (κ2) is 5.91. The highest BCUT2D eigenvalue weighted by atomic mass is 16.6. The molecule has 0 aromatic carbocycles. The summed E-state index contributed by atoms with van der Waals surface area (Å²) in [6, 6.07) is 2.75. The summed E-state index contributed by atoms with van der Waals surface area (Å²) in [7, 11) is 1.65. The van der Waals surface area contributed by atoms with Gasteiger partial charge in [-0.1, -0.05) is 0 Å². The summed E-state index contributed by atoms with van der Waals surface area (Å²) in [5, 5.41) is 16.6. The van der Waals surface area contributed by atoms with E-state index in [0.717, 1.165) is 11.4 Å². The fourth-order valence-electron chi connectivity index (χ4n) is 1.53. The molecular formula is C12H14N6O2. The van der Waals surface area contributed by atoms with Gasteiger partial charge in [0.1, 0.15) is 11.6 Å². The van der Waals surface area contributed by atoms with Crippen molar-refractivity contribution in [3.05, 3.63) is 46.0 Å². The van der Waals surface area contributed by atoms with E-state index in [1.54, 1.807) is 19.4 Å². The zero-order valence-electron chi connectivity index (χ0n) is 11.1. The lowest BCUT2D eigenvalue weighted by Crippen LogP contribution is -2.06. The van der Waals surface area contributed by atoms with E-state index in [0.29, 0.717) is 18.2 Å². The van der Waals surface area contributed by atoms with Crippen molar-refractivity contribution >= 4 is 17.3 Å². The number of rotatable bonds is 5. The molecule has 2 rings (SSSR count). The van der Waals surface area contributed by atoms with Crippen LogP contribution in [0.3, 0.4) is 0 Å². The first-order valence-electron chi connectivity index (χ1n) is 5.94. The SMILES string of the molecule is CNc1cc([N+](=O)[O-])cc(NCc2cnc(C)cn2)n1. The predicted molar refractivity (Wildman–Crippen MR) is 74.5 cm³/mol. The second-order valence-electron chi connectivity index (χ2n) is 4.11. The number of nitrogens with one attached hydrogen (secondary N) is 2. The topological polar surface area (TPSA) is 106 Å². The average Bonchev–Trinajstić information content (AvgIpc) is 2.46. The lowest BCUT2D eigenvalue weighted by Gasteiger charge is -2.07. The van der Waals surface area contributed by atoms with Crippen LogP contribution in [0.1, 0.15) is 11.4 Å². The van der Waals surface area contributed by atoms with Crippen LogP contribution in [0.4, 0.5) is 17.3 Å². The molecule has 8 heteroatoms. The van der Waals surface area contributed by atoms with Gasteiger partial charge in [-0.05, 0) is 6.92 Å². The van der Waals surface area contributed by atoms with E-state index in [9.17, 15) is 10.1 Å². The molecule has 104 valence electrons. The molecule has 0 atom stereocenters. The molecule has 0 radical (unpaired) electrons. The first-order chi connectivity index (χ1) is 9.58. The number of hydrogen-bond donors (Lipinski definition) is 2. The Balaban J connectivity index is 2.14. The van der Waals surface area contributed by atoms with E-state index in [-0.39, 0.29) is 5.69 Å². The third-order valence-corrected chi connectivity index (χ3v) is 2.56. The quantitative estimate of drug-likeness (QED) is 0.631. The van der Waals surface area contributed by atoms with Crippen LogP contribution in [-0.2, 0) is 6.54 Å². The summed E-state index contributed by atoms with van der Waals surface area (Å²) in [5.41, 5.74) is 1.54. The van der Waals surface area contributed by atoms with Crippen molar-refractivity contribution in [1.82, 2.24) is 15.0 Å². The molecule has 0 aliphatic heterocycles. The van der Waals surface area contributed by atoms with Crippen molar-refractivity contribution < 1.29 is 4.92 Å². The minimum absolute atomic E-state index is 0.0261. The maximum absolute atomic E-state index is 10.8. The molecule has 2 heterocycles. The summed E-state index contributed by atoms with van der Waals surface area (Å²) in [4.78, 5) is 22.9. The van der Waals surface area contributed by atoms with E-state index in [4.69, 9.17) is 0 Å².